The molecular weight excluding hydrogens is 487 g/mol. The van der Waals surface area contributed by atoms with Crippen molar-refractivity contribution in [2.75, 3.05) is 0 Å². The third kappa shape index (κ3) is 7.16. The lowest BCUT2D eigenvalue weighted by Gasteiger charge is -2.20. The maximum absolute atomic E-state index is 4.82. The minimum absolute atomic E-state index is 0.300. The van der Waals surface area contributed by atoms with Gasteiger partial charge in [-0.15, -0.1) is 5.70 Å². The Labute approximate surface area is 236 Å². The zero-order valence-electron chi connectivity index (χ0n) is 22.9. The molecule has 5 aromatic rings. The first kappa shape index (κ1) is 26.7. The van der Waals surface area contributed by atoms with E-state index >= 15 is 0 Å². The maximum atomic E-state index is 4.82. The molecule has 5 rings (SSSR count). The summed E-state index contributed by atoms with van der Waals surface area (Å²) in [6.07, 6.45) is 7.41. The van der Waals surface area contributed by atoms with E-state index in [4.69, 9.17) is 4.98 Å². The lowest BCUT2D eigenvalue weighted by atomic mass is 9.58. The highest BCUT2D eigenvalue weighted by Crippen LogP contribution is 2.31. The van der Waals surface area contributed by atoms with E-state index < -0.39 is 9.52 Å². The molecule has 0 amide bonds. The fourth-order valence-corrected chi connectivity index (χ4v) is 7.23. The molecule has 0 saturated carbocycles. The van der Waals surface area contributed by atoms with Crippen molar-refractivity contribution in [3.63, 3.8) is 0 Å². The molecule has 4 aromatic carbocycles. The predicted molar refractivity (Wildman–Crippen MR) is 170 cm³/mol. The molecule has 2 nitrogen and oxygen atoms in total. The number of hydrogen-bond donors (Lipinski definition) is 0. The quantitative estimate of drug-likeness (QED) is 0.173. The lowest BCUT2D eigenvalue weighted by molar-refractivity contribution is 0.771. The highest BCUT2D eigenvalue weighted by molar-refractivity contribution is 6.54. The van der Waals surface area contributed by atoms with Gasteiger partial charge in [0.2, 0.25) is 7.28 Å². The van der Waals surface area contributed by atoms with Crippen LogP contribution < -0.4 is 5.72 Å². The van der Waals surface area contributed by atoms with Gasteiger partial charge >= 0.3 is 0 Å². The first-order chi connectivity index (χ1) is 19.3. The minimum atomic E-state index is -0.439. The first-order valence-corrected chi connectivity index (χ1v) is 16.0. The van der Waals surface area contributed by atoms with Gasteiger partial charge in [-0.2, -0.15) is 0 Å². The number of aromatic nitrogens is 2. The van der Waals surface area contributed by atoms with Crippen molar-refractivity contribution in [2.45, 2.75) is 37.7 Å². The molecule has 0 atom stereocenters. The van der Waals surface area contributed by atoms with Crippen LogP contribution in [0.25, 0.3) is 0 Å². The number of allylic oxidation sites excluding steroid dienone is 1. The molecule has 0 N–H and O–H groups in total. The van der Waals surface area contributed by atoms with E-state index in [9.17, 15) is 0 Å². The highest BCUT2D eigenvalue weighted by Gasteiger charge is 2.20. The summed E-state index contributed by atoms with van der Waals surface area (Å²) in [6.45, 7) is 2.31. The second-order valence-corrected chi connectivity index (χ2v) is 11.6. The van der Waals surface area contributed by atoms with Crippen LogP contribution in [0.5, 0.6) is 0 Å². The standard InChI is InChI=1S/C35H37BN2Si/c1-2-28(25-33(29-15-7-3-8-16-29)30-17-9-4-10-18-30)26-39-27-38-24-23-37-35(38)36-34(31-19-11-5-12-20-31)32-21-13-6-14-22-32/h3-24,26,33-34,36H,2,25,27,39H2,1H3. The van der Waals surface area contributed by atoms with Crippen LogP contribution in [0, 0.1) is 0 Å². The predicted octanol–water partition coefficient (Wildman–Crippen LogP) is 6.38. The number of hydrogen-bond acceptors (Lipinski definition) is 1. The fraction of sp³-hybridized carbons (Fsp3) is 0.171. The van der Waals surface area contributed by atoms with Crippen molar-refractivity contribution in [1.29, 1.82) is 0 Å². The largest absolute Gasteiger partial charge is 0.346 e. The molecule has 1 aromatic heterocycles. The second-order valence-electron chi connectivity index (χ2n) is 10.2. The van der Waals surface area contributed by atoms with Gasteiger partial charge in [-0.1, -0.05) is 134 Å². The van der Waals surface area contributed by atoms with Crippen molar-refractivity contribution in [1.82, 2.24) is 9.55 Å². The van der Waals surface area contributed by atoms with Crippen molar-refractivity contribution in [3.05, 3.63) is 167 Å². The lowest BCUT2D eigenvalue weighted by Crippen LogP contribution is -2.32. The smallest absolute Gasteiger partial charge is 0.217 e. The Kier molecular flexibility index (Phi) is 9.43. The molecule has 194 valence electrons. The van der Waals surface area contributed by atoms with Crippen LogP contribution >= 0.6 is 0 Å². The molecule has 4 heteroatoms. The highest BCUT2D eigenvalue weighted by atomic mass is 28.2. The van der Waals surface area contributed by atoms with Crippen LogP contribution in [0.2, 0.25) is 0 Å². The molecular formula is C35H37BN2Si. The summed E-state index contributed by atoms with van der Waals surface area (Å²) in [5, 5.41) is 0. The number of nitrogens with zero attached hydrogens (tertiary/aromatic N) is 2. The Hall–Kier alpha value is -3.89. The van der Waals surface area contributed by atoms with Crippen molar-refractivity contribution >= 4 is 22.5 Å². The van der Waals surface area contributed by atoms with E-state index in [1.54, 1.807) is 5.57 Å². The van der Waals surface area contributed by atoms with E-state index in [0.717, 1.165) is 26.3 Å². The first-order valence-electron chi connectivity index (χ1n) is 14.2. The number of imidazole rings is 1. The molecule has 39 heavy (non-hydrogen) atoms. The third-order valence-corrected chi connectivity index (χ3v) is 9.33. The molecule has 0 spiro atoms. The van der Waals surface area contributed by atoms with Crippen LogP contribution in [0.3, 0.4) is 0 Å². The van der Waals surface area contributed by atoms with Crippen LogP contribution in [-0.4, -0.2) is 26.4 Å². The van der Waals surface area contributed by atoms with E-state index in [1.165, 1.54) is 28.0 Å². The summed E-state index contributed by atoms with van der Waals surface area (Å²) in [7, 11) is 0.468. The van der Waals surface area contributed by atoms with E-state index in [2.05, 4.69) is 145 Å². The molecule has 0 aliphatic carbocycles. The molecule has 0 bridgehead atoms. The van der Waals surface area contributed by atoms with Gasteiger partial charge in [0.25, 0.3) is 0 Å². The molecule has 0 fully saturated rings. The van der Waals surface area contributed by atoms with Crippen molar-refractivity contribution in [2.24, 2.45) is 0 Å². The Morgan fingerprint density at radius 2 is 1.23 bits per heavy atom. The molecule has 0 saturated heterocycles. The normalized spacial score (nSPS) is 12.0. The second kappa shape index (κ2) is 13.8. The zero-order chi connectivity index (χ0) is 26.7. The molecule has 0 unspecified atom stereocenters. The fourth-order valence-electron chi connectivity index (χ4n) is 5.56. The molecule has 0 aliphatic rings. The summed E-state index contributed by atoms with van der Waals surface area (Å²) in [5.41, 5.74) is 10.8. The van der Waals surface area contributed by atoms with Crippen LogP contribution in [-0.2, 0) is 6.17 Å². The van der Waals surface area contributed by atoms with Gasteiger partial charge in [-0.3, -0.25) is 4.98 Å². The van der Waals surface area contributed by atoms with Crippen LogP contribution in [0.15, 0.2) is 145 Å². The average Bonchev–Trinajstić information content (AvgIpc) is 3.46. The number of benzene rings is 4. The minimum Gasteiger partial charge on any atom is -0.346 e. The molecule has 1 heterocycles. The van der Waals surface area contributed by atoms with Crippen molar-refractivity contribution in [3.8, 4) is 0 Å². The molecule has 0 aliphatic heterocycles. The number of rotatable bonds is 12. The van der Waals surface area contributed by atoms with Gasteiger partial charge in [-0.25, -0.2) is 0 Å². The average molecular weight is 525 g/mol. The van der Waals surface area contributed by atoms with Gasteiger partial charge in [0.1, 0.15) is 0 Å². The van der Waals surface area contributed by atoms with Crippen LogP contribution in [0.4, 0.5) is 0 Å². The maximum Gasteiger partial charge on any atom is 0.217 e. The van der Waals surface area contributed by atoms with Gasteiger partial charge in [-0.05, 0) is 40.9 Å². The van der Waals surface area contributed by atoms with E-state index in [1.807, 2.05) is 6.20 Å². The van der Waals surface area contributed by atoms with Gasteiger partial charge in [0.05, 0.1) is 15.2 Å². The van der Waals surface area contributed by atoms with Crippen LogP contribution in [0.1, 0.15) is 53.8 Å². The van der Waals surface area contributed by atoms with Gasteiger partial charge in [0.15, 0.2) is 0 Å². The van der Waals surface area contributed by atoms with E-state index in [-0.39, 0.29) is 0 Å². The van der Waals surface area contributed by atoms with Gasteiger partial charge in [0, 0.05) is 24.5 Å². The summed E-state index contributed by atoms with van der Waals surface area (Å²) in [5.74, 6) is 0.698. The van der Waals surface area contributed by atoms with Crippen molar-refractivity contribution < 1.29 is 0 Å². The Bertz CT molecular complexity index is 1350. The summed E-state index contributed by atoms with van der Waals surface area (Å²) in [6, 6.07) is 43.7. The Morgan fingerprint density at radius 3 is 1.72 bits per heavy atom. The van der Waals surface area contributed by atoms with E-state index in [0.29, 0.717) is 11.7 Å². The van der Waals surface area contributed by atoms with Gasteiger partial charge < -0.3 is 4.57 Å². The summed E-state index contributed by atoms with van der Waals surface area (Å²) in [4.78, 5) is 4.82. The monoisotopic (exact) mass is 524 g/mol. The topological polar surface area (TPSA) is 17.8 Å². The Balaban J connectivity index is 1.30. The summed E-state index contributed by atoms with van der Waals surface area (Å²) < 4.78 is 2.40. The SMILES string of the molecule is CCC(=C[SiH2]Cn1ccnc1BC(c1ccccc1)c1ccccc1)CC(c1ccccc1)c1ccccc1. The third-order valence-electron chi connectivity index (χ3n) is 7.72. The zero-order valence-corrected chi connectivity index (χ0v) is 24.3. The molecule has 0 radical (unpaired) electrons. The summed E-state index contributed by atoms with van der Waals surface area (Å²) >= 11 is 0. The Morgan fingerprint density at radius 1 is 0.744 bits per heavy atom.